The lowest BCUT2D eigenvalue weighted by atomic mass is 10.1. The molecule has 4 heteroatoms. The minimum absolute atomic E-state index is 0. The van der Waals surface area contributed by atoms with Crippen molar-refractivity contribution in [1.29, 1.82) is 0 Å². The molecule has 1 aliphatic heterocycles. The summed E-state index contributed by atoms with van der Waals surface area (Å²) in [4.78, 5) is 2.44. The average molecular weight is 259 g/mol. The van der Waals surface area contributed by atoms with Crippen LogP contribution in [-0.2, 0) is 6.54 Å². The van der Waals surface area contributed by atoms with E-state index in [2.05, 4.69) is 10.2 Å². The maximum Gasteiger partial charge on any atom is 0.123 e. The molecular formula is C13H20ClFN2. The number of hydrogen-bond acceptors (Lipinski definition) is 2. The number of hydrogen-bond donors (Lipinski definition) is 1. The second kappa shape index (κ2) is 6.94. The van der Waals surface area contributed by atoms with Crippen molar-refractivity contribution < 1.29 is 4.39 Å². The summed E-state index contributed by atoms with van der Waals surface area (Å²) in [5.41, 5.74) is 1.20. The smallest absolute Gasteiger partial charge is 0.123 e. The molecule has 0 radical (unpaired) electrons. The molecule has 96 valence electrons. The lowest BCUT2D eigenvalue weighted by Gasteiger charge is -2.15. The molecule has 0 spiro atoms. The van der Waals surface area contributed by atoms with Crippen LogP contribution in [0.4, 0.5) is 4.39 Å². The normalized spacial score (nSPS) is 20.2. The van der Waals surface area contributed by atoms with E-state index >= 15 is 0 Å². The zero-order chi connectivity index (χ0) is 11.4. The van der Waals surface area contributed by atoms with Crippen LogP contribution in [0.5, 0.6) is 0 Å². The van der Waals surface area contributed by atoms with Crippen LogP contribution < -0.4 is 5.32 Å². The first-order valence-electron chi connectivity index (χ1n) is 5.89. The molecule has 0 amide bonds. The minimum atomic E-state index is -0.154. The Kier molecular flexibility index (Phi) is 5.89. The Morgan fingerprint density at radius 1 is 1.35 bits per heavy atom. The second-order valence-corrected chi connectivity index (χ2v) is 4.57. The highest BCUT2D eigenvalue weighted by atomic mass is 35.5. The van der Waals surface area contributed by atoms with Crippen molar-refractivity contribution in [2.75, 3.05) is 26.7 Å². The fourth-order valence-corrected chi connectivity index (χ4v) is 2.36. The zero-order valence-electron chi connectivity index (χ0n) is 10.2. The fourth-order valence-electron chi connectivity index (χ4n) is 2.36. The standard InChI is InChI=1S/C13H19FN2.ClH/c1-15-8-12-6-7-16(10-12)9-11-2-4-13(14)5-3-11;/h2-5,12,15H,6-10H2,1H3;1H. The van der Waals surface area contributed by atoms with Crippen LogP contribution in [0, 0.1) is 11.7 Å². The van der Waals surface area contributed by atoms with Crippen LogP contribution in [0.2, 0.25) is 0 Å². The van der Waals surface area contributed by atoms with Gasteiger partial charge in [-0.05, 0) is 50.2 Å². The maximum absolute atomic E-state index is 12.7. The van der Waals surface area contributed by atoms with Crippen molar-refractivity contribution in [3.63, 3.8) is 0 Å². The third-order valence-corrected chi connectivity index (χ3v) is 3.18. The highest BCUT2D eigenvalue weighted by Gasteiger charge is 2.21. The average Bonchev–Trinajstić information content (AvgIpc) is 2.70. The lowest BCUT2D eigenvalue weighted by Crippen LogP contribution is -2.24. The first kappa shape index (κ1) is 14.4. The third-order valence-electron chi connectivity index (χ3n) is 3.18. The van der Waals surface area contributed by atoms with Crippen molar-refractivity contribution in [3.8, 4) is 0 Å². The SMILES string of the molecule is CNCC1CCN(Cc2ccc(F)cc2)C1.Cl. The Bertz CT molecular complexity index is 329. The molecule has 1 N–H and O–H groups in total. The minimum Gasteiger partial charge on any atom is -0.319 e. The molecule has 2 rings (SSSR count). The third kappa shape index (κ3) is 4.26. The van der Waals surface area contributed by atoms with Gasteiger partial charge in [-0.1, -0.05) is 12.1 Å². The largest absolute Gasteiger partial charge is 0.319 e. The second-order valence-electron chi connectivity index (χ2n) is 4.57. The van der Waals surface area contributed by atoms with Crippen LogP contribution >= 0.6 is 12.4 Å². The van der Waals surface area contributed by atoms with Crippen LogP contribution in [0.3, 0.4) is 0 Å². The summed E-state index contributed by atoms with van der Waals surface area (Å²) in [5, 5.41) is 3.23. The van der Waals surface area contributed by atoms with Gasteiger partial charge in [-0.25, -0.2) is 4.39 Å². The number of nitrogens with one attached hydrogen (secondary N) is 1. The molecule has 1 aromatic carbocycles. The van der Waals surface area contributed by atoms with Crippen molar-refractivity contribution in [3.05, 3.63) is 35.6 Å². The summed E-state index contributed by atoms with van der Waals surface area (Å²) in [6, 6.07) is 6.83. The van der Waals surface area contributed by atoms with Crippen molar-refractivity contribution in [1.82, 2.24) is 10.2 Å². The van der Waals surface area contributed by atoms with E-state index in [-0.39, 0.29) is 18.2 Å². The zero-order valence-corrected chi connectivity index (χ0v) is 11.0. The van der Waals surface area contributed by atoms with E-state index in [0.717, 1.165) is 32.1 Å². The van der Waals surface area contributed by atoms with E-state index in [1.165, 1.54) is 24.1 Å². The Balaban J connectivity index is 0.00000144. The van der Waals surface area contributed by atoms with Gasteiger partial charge in [0.25, 0.3) is 0 Å². The van der Waals surface area contributed by atoms with E-state index in [9.17, 15) is 4.39 Å². The van der Waals surface area contributed by atoms with Crippen LogP contribution in [-0.4, -0.2) is 31.6 Å². The Morgan fingerprint density at radius 2 is 2.06 bits per heavy atom. The molecule has 17 heavy (non-hydrogen) atoms. The number of halogens is 2. The predicted molar refractivity (Wildman–Crippen MR) is 71.0 cm³/mol. The molecule has 1 heterocycles. The molecule has 0 bridgehead atoms. The van der Waals surface area contributed by atoms with Gasteiger partial charge in [0.1, 0.15) is 5.82 Å². The van der Waals surface area contributed by atoms with E-state index in [0.29, 0.717) is 0 Å². The van der Waals surface area contributed by atoms with Crippen LogP contribution in [0.25, 0.3) is 0 Å². The molecule has 1 saturated heterocycles. The van der Waals surface area contributed by atoms with Crippen molar-refractivity contribution >= 4 is 12.4 Å². The lowest BCUT2D eigenvalue weighted by molar-refractivity contribution is 0.315. The molecule has 2 nitrogen and oxygen atoms in total. The van der Waals surface area contributed by atoms with Gasteiger partial charge in [0, 0.05) is 13.1 Å². The first-order chi connectivity index (χ1) is 7.78. The molecule has 0 saturated carbocycles. The summed E-state index contributed by atoms with van der Waals surface area (Å²) in [7, 11) is 2.00. The molecule has 1 atom stereocenters. The Hall–Kier alpha value is -0.640. The monoisotopic (exact) mass is 258 g/mol. The predicted octanol–water partition coefficient (Wildman–Crippen LogP) is 2.29. The highest BCUT2D eigenvalue weighted by molar-refractivity contribution is 5.85. The number of benzene rings is 1. The van der Waals surface area contributed by atoms with E-state index in [1.54, 1.807) is 0 Å². The van der Waals surface area contributed by atoms with E-state index < -0.39 is 0 Å². The van der Waals surface area contributed by atoms with Gasteiger partial charge in [-0.3, -0.25) is 4.90 Å². The summed E-state index contributed by atoms with van der Waals surface area (Å²) in [5.74, 6) is 0.615. The maximum atomic E-state index is 12.7. The van der Waals surface area contributed by atoms with Crippen LogP contribution in [0.1, 0.15) is 12.0 Å². The van der Waals surface area contributed by atoms with Gasteiger partial charge in [0.15, 0.2) is 0 Å². The summed E-state index contributed by atoms with van der Waals surface area (Å²) < 4.78 is 12.7. The van der Waals surface area contributed by atoms with Gasteiger partial charge in [0.2, 0.25) is 0 Å². The topological polar surface area (TPSA) is 15.3 Å². The Morgan fingerprint density at radius 3 is 2.71 bits per heavy atom. The Labute approximate surface area is 109 Å². The molecule has 0 aromatic heterocycles. The summed E-state index contributed by atoms with van der Waals surface area (Å²) >= 11 is 0. The fraction of sp³-hybridized carbons (Fsp3) is 0.538. The van der Waals surface area contributed by atoms with Gasteiger partial charge >= 0.3 is 0 Å². The van der Waals surface area contributed by atoms with Gasteiger partial charge in [-0.15, -0.1) is 12.4 Å². The quantitative estimate of drug-likeness (QED) is 0.892. The summed E-state index contributed by atoms with van der Waals surface area (Å²) in [6.07, 6.45) is 1.27. The molecule has 1 unspecified atom stereocenters. The molecule has 1 aliphatic rings. The molecule has 1 fully saturated rings. The molecule has 1 aromatic rings. The molecular weight excluding hydrogens is 239 g/mol. The number of likely N-dealkylation sites (tertiary alicyclic amines) is 1. The van der Waals surface area contributed by atoms with E-state index in [4.69, 9.17) is 0 Å². The number of nitrogens with zero attached hydrogens (tertiary/aromatic N) is 1. The molecule has 0 aliphatic carbocycles. The first-order valence-corrected chi connectivity index (χ1v) is 5.89. The van der Waals surface area contributed by atoms with Gasteiger partial charge < -0.3 is 5.32 Å². The number of rotatable bonds is 4. The van der Waals surface area contributed by atoms with Gasteiger partial charge in [-0.2, -0.15) is 0 Å². The van der Waals surface area contributed by atoms with Crippen LogP contribution in [0.15, 0.2) is 24.3 Å². The van der Waals surface area contributed by atoms with Crippen molar-refractivity contribution in [2.24, 2.45) is 5.92 Å². The highest BCUT2D eigenvalue weighted by Crippen LogP contribution is 2.18. The summed E-state index contributed by atoms with van der Waals surface area (Å²) in [6.45, 7) is 4.35. The van der Waals surface area contributed by atoms with E-state index in [1.807, 2.05) is 19.2 Å². The van der Waals surface area contributed by atoms with Gasteiger partial charge in [0.05, 0.1) is 0 Å². The van der Waals surface area contributed by atoms with Crippen molar-refractivity contribution in [2.45, 2.75) is 13.0 Å².